The summed E-state index contributed by atoms with van der Waals surface area (Å²) in [5.74, 6) is 0.484. The van der Waals surface area contributed by atoms with Crippen LogP contribution in [0.1, 0.15) is 17.0 Å². The molecule has 0 saturated heterocycles. The van der Waals surface area contributed by atoms with E-state index in [0.29, 0.717) is 22.9 Å². The van der Waals surface area contributed by atoms with Crippen LogP contribution in [0.2, 0.25) is 5.02 Å². The molecule has 4 nitrogen and oxygen atoms in total. The lowest BCUT2D eigenvalue weighted by atomic mass is 10.1. The maximum absolute atomic E-state index is 12.1. The number of aromatic amines is 1. The number of halogens is 1. The standard InChI is InChI=1S/C15H17ClN2O2/c1-9-6-11(10(2)17-9)7-15(19)18-13-8-12(16)4-5-14(13)20-3/h4-6,8,17H,7H2,1-3H3,(H,18,19). The molecule has 0 spiro atoms. The molecule has 0 aliphatic carbocycles. The number of hydrogen-bond acceptors (Lipinski definition) is 2. The Labute approximate surface area is 123 Å². The van der Waals surface area contributed by atoms with Crippen molar-refractivity contribution < 1.29 is 9.53 Å². The van der Waals surface area contributed by atoms with Gasteiger partial charge in [0.2, 0.25) is 5.91 Å². The van der Waals surface area contributed by atoms with Crippen molar-refractivity contribution in [1.82, 2.24) is 4.98 Å². The van der Waals surface area contributed by atoms with Gasteiger partial charge >= 0.3 is 0 Å². The van der Waals surface area contributed by atoms with Gasteiger partial charge in [-0.3, -0.25) is 4.79 Å². The summed E-state index contributed by atoms with van der Waals surface area (Å²) >= 11 is 5.93. The van der Waals surface area contributed by atoms with Gasteiger partial charge < -0.3 is 15.0 Å². The van der Waals surface area contributed by atoms with E-state index in [9.17, 15) is 4.79 Å². The zero-order valence-corrected chi connectivity index (χ0v) is 12.5. The normalized spacial score (nSPS) is 10.4. The van der Waals surface area contributed by atoms with Crippen molar-refractivity contribution in [2.24, 2.45) is 0 Å². The third-order valence-electron chi connectivity index (χ3n) is 3.04. The van der Waals surface area contributed by atoms with Gasteiger partial charge in [-0.15, -0.1) is 0 Å². The first-order valence-electron chi connectivity index (χ1n) is 6.28. The highest BCUT2D eigenvalue weighted by atomic mass is 35.5. The summed E-state index contributed by atoms with van der Waals surface area (Å²) in [5.41, 5.74) is 3.62. The van der Waals surface area contributed by atoms with Gasteiger partial charge in [0.15, 0.2) is 0 Å². The molecule has 0 aliphatic rings. The molecular formula is C15H17ClN2O2. The van der Waals surface area contributed by atoms with E-state index in [0.717, 1.165) is 17.0 Å². The molecule has 2 rings (SSSR count). The molecule has 0 aliphatic heterocycles. The Kier molecular flexibility index (Phi) is 4.35. The first kappa shape index (κ1) is 14.5. The molecule has 0 fully saturated rings. The second-order valence-corrected chi connectivity index (χ2v) is 5.11. The third-order valence-corrected chi connectivity index (χ3v) is 3.28. The largest absolute Gasteiger partial charge is 0.495 e. The lowest BCUT2D eigenvalue weighted by Crippen LogP contribution is -2.15. The van der Waals surface area contributed by atoms with Crippen molar-refractivity contribution in [2.75, 3.05) is 12.4 Å². The Morgan fingerprint density at radius 2 is 2.10 bits per heavy atom. The topological polar surface area (TPSA) is 54.1 Å². The monoisotopic (exact) mass is 292 g/mol. The van der Waals surface area contributed by atoms with E-state index in [-0.39, 0.29) is 5.91 Å². The second kappa shape index (κ2) is 6.01. The highest BCUT2D eigenvalue weighted by molar-refractivity contribution is 6.31. The number of ether oxygens (including phenoxy) is 1. The lowest BCUT2D eigenvalue weighted by Gasteiger charge is -2.10. The van der Waals surface area contributed by atoms with Crippen LogP contribution >= 0.6 is 11.6 Å². The highest BCUT2D eigenvalue weighted by Gasteiger charge is 2.11. The number of H-pyrrole nitrogens is 1. The fourth-order valence-electron chi connectivity index (χ4n) is 2.11. The maximum Gasteiger partial charge on any atom is 0.228 e. The summed E-state index contributed by atoms with van der Waals surface area (Å²) in [4.78, 5) is 15.3. The first-order chi connectivity index (χ1) is 9.49. The van der Waals surface area contributed by atoms with Crippen LogP contribution in [0.25, 0.3) is 0 Å². The van der Waals surface area contributed by atoms with E-state index in [1.165, 1.54) is 0 Å². The Hall–Kier alpha value is -1.94. The molecule has 0 saturated carbocycles. The number of methoxy groups -OCH3 is 1. The number of aromatic nitrogens is 1. The predicted octanol–water partition coefficient (Wildman–Crippen LogP) is 3.47. The SMILES string of the molecule is COc1ccc(Cl)cc1NC(=O)Cc1cc(C)[nH]c1C. The van der Waals surface area contributed by atoms with Gasteiger partial charge in [-0.2, -0.15) is 0 Å². The molecule has 1 aromatic carbocycles. The van der Waals surface area contributed by atoms with Crippen molar-refractivity contribution in [1.29, 1.82) is 0 Å². The Morgan fingerprint density at radius 3 is 2.70 bits per heavy atom. The number of anilines is 1. The zero-order chi connectivity index (χ0) is 14.7. The van der Waals surface area contributed by atoms with Crippen molar-refractivity contribution >= 4 is 23.2 Å². The molecule has 1 aromatic heterocycles. The zero-order valence-electron chi connectivity index (χ0n) is 11.7. The molecule has 5 heteroatoms. The van der Waals surface area contributed by atoms with Crippen LogP contribution in [0.4, 0.5) is 5.69 Å². The number of carbonyl (C=O) groups excluding carboxylic acids is 1. The summed E-state index contributed by atoms with van der Waals surface area (Å²) < 4.78 is 5.20. The molecule has 2 N–H and O–H groups in total. The summed E-state index contributed by atoms with van der Waals surface area (Å²) in [6.07, 6.45) is 0.311. The number of amides is 1. The summed E-state index contributed by atoms with van der Waals surface area (Å²) in [7, 11) is 1.55. The number of benzene rings is 1. The highest BCUT2D eigenvalue weighted by Crippen LogP contribution is 2.27. The van der Waals surface area contributed by atoms with Gasteiger partial charge in [-0.25, -0.2) is 0 Å². The quantitative estimate of drug-likeness (QED) is 0.906. The van der Waals surface area contributed by atoms with E-state index < -0.39 is 0 Å². The van der Waals surface area contributed by atoms with Crippen molar-refractivity contribution in [2.45, 2.75) is 20.3 Å². The summed E-state index contributed by atoms with van der Waals surface area (Å²) in [6.45, 7) is 3.92. The molecule has 0 atom stereocenters. The smallest absolute Gasteiger partial charge is 0.228 e. The van der Waals surface area contributed by atoms with Crippen LogP contribution in [0.5, 0.6) is 5.75 Å². The van der Waals surface area contributed by atoms with Crippen LogP contribution in [-0.4, -0.2) is 18.0 Å². The minimum Gasteiger partial charge on any atom is -0.495 e. The van der Waals surface area contributed by atoms with E-state index in [2.05, 4.69) is 10.3 Å². The number of hydrogen-bond donors (Lipinski definition) is 2. The number of carbonyl (C=O) groups is 1. The van der Waals surface area contributed by atoms with Crippen LogP contribution in [-0.2, 0) is 11.2 Å². The average Bonchev–Trinajstić information content (AvgIpc) is 2.68. The van der Waals surface area contributed by atoms with Crippen LogP contribution < -0.4 is 10.1 Å². The van der Waals surface area contributed by atoms with E-state index in [1.807, 2.05) is 19.9 Å². The predicted molar refractivity (Wildman–Crippen MR) is 80.6 cm³/mol. The molecule has 2 aromatic rings. The number of rotatable bonds is 4. The van der Waals surface area contributed by atoms with Crippen LogP contribution in [0, 0.1) is 13.8 Å². The van der Waals surface area contributed by atoms with Crippen LogP contribution in [0.15, 0.2) is 24.3 Å². The van der Waals surface area contributed by atoms with E-state index in [1.54, 1.807) is 25.3 Å². The van der Waals surface area contributed by atoms with Crippen LogP contribution in [0.3, 0.4) is 0 Å². The van der Waals surface area contributed by atoms with Crippen molar-refractivity contribution in [3.63, 3.8) is 0 Å². The minimum atomic E-state index is -0.104. The van der Waals surface area contributed by atoms with Gasteiger partial charge in [0.1, 0.15) is 5.75 Å². The number of aryl methyl sites for hydroxylation is 2. The average molecular weight is 293 g/mol. The fraction of sp³-hybridized carbons (Fsp3) is 0.267. The summed E-state index contributed by atoms with van der Waals surface area (Å²) in [5, 5.41) is 3.38. The molecule has 1 amide bonds. The molecule has 106 valence electrons. The fourth-order valence-corrected chi connectivity index (χ4v) is 2.28. The van der Waals surface area contributed by atoms with Gasteiger partial charge in [0.25, 0.3) is 0 Å². The van der Waals surface area contributed by atoms with Gasteiger partial charge in [-0.1, -0.05) is 11.6 Å². The van der Waals surface area contributed by atoms with Gasteiger partial charge in [-0.05, 0) is 43.7 Å². The summed E-state index contributed by atoms with van der Waals surface area (Å²) in [6, 6.07) is 7.09. The molecular weight excluding hydrogens is 276 g/mol. The molecule has 0 radical (unpaired) electrons. The Morgan fingerprint density at radius 1 is 1.35 bits per heavy atom. The Balaban J connectivity index is 2.12. The van der Waals surface area contributed by atoms with Crippen molar-refractivity contribution in [3.05, 3.63) is 46.2 Å². The third kappa shape index (κ3) is 3.33. The van der Waals surface area contributed by atoms with Gasteiger partial charge in [0.05, 0.1) is 19.2 Å². The van der Waals surface area contributed by atoms with Gasteiger partial charge in [0, 0.05) is 16.4 Å². The molecule has 0 unspecified atom stereocenters. The van der Waals surface area contributed by atoms with E-state index in [4.69, 9.17) is 16.3 Å². The molecule has 0 bridgehead atoms. The Bertz CT molecular complexity index is 635. The minimum absolute atomic E-state index is 0.104. The number of nitrogens with one attached hydrogen (secondary N) is 2. The van der Waals surface area contributed by atoms with Crippen molar-refractivity contribution in [3.8, 4) is 5.75 Å². The second-order valence-electron chi connectivity index (χ2n) is 4.67. The first-order valence-corrected chi connectivity index (χ1v) is 6.66. The lowest BCUT2D eigenvalue weighted by molar-refractivity contribution is -0.115. The molecule has 20 heavy (non-hydrogen) atoms. The van der Waals surface area contributed by atoms with E-state index >= 15 is 0 Å². The molecule has 1 heterocycles. The maximum atomic E-state index is 12.1.